The van der Waals surface area contributed by atoms with Crippen molar-refractivity contribution in [3.63, 3.8) is 0 Å². The third kappa shape index (κ3) is 6.79. The van der Waals surface area contributed by atoms with E-state index in [0.29, 0.717) is 40.2 Å². The fraction of sp³-hybridized carbons (Fsp3) is 0.429. The molecule has 0 N–H and O–H groups in total. The summed E-state index contributed by atoms with van der Waals surface area (Å²) in [7, 11) is 3.14. The number of carbonyl (C=O) groups is 2. The Morgan fingerprint density at radius 2 is 1.25 bits per heavy atom. The summed E-state index contributed by atoms with van der Waals surface area (Å²) in [6.07, 6.45) is 8.28. The number of methoxy groups -OCH3 is 2. The Bertz CT molecular complexity index is 1040. The largest absolute Gasteiger partial charge is 0.497 e. The van der Waals surface area contributed by atoms with Crippen LogP contribution in [0, 0.1) is 11.8 Å². The molecule has 0 radical (unpaired) electrons. The van der Waals surface area contributed by atoms with Crippen molar-refractivity contribution in [3.05, 3.63) is 71.5 Å². The number of hydrogen-bond donors (Lipinski definition) is 0. The Balaban J connectivity index is 1.15. The average molecular weight is 497 g/mol. The maximum Gasteiger partial charge on any atom is 0.386 e. The summed E-state index contributed by atoms with van der Waals surface area (Å²) in [5.41, 5.74) is 0.824. The van der Waals surface area contributed by atoms with Crippen molar-refractivity contribution in [3.8, 4) is 11.5 Å². The molecule has 0 aromatic heterocycles. The van der Waals surface area contributed by atoms with E-state index in [1.165, 1.54) is 0 Å². The Hall–Kier alpha value is -3.52. The van der Waals surface area contributed by atoms with E-state index < -0.39 is 11.9 Å². The van der Waals surface area contributed by atoms with Gasteiger partial charge in [0.05, 0.1) is 25.3 Å². The quantitative estimate of drug-likeness (QED) is 0.317. The molecule has 2 aromatic rings. The van der Waals surface area contributed by atoms with Gasteiger partial charge in [-0.3, -0.25) is 9.78 Å². The Labute approximate surface area is 210 Å². The first kappa shape index (κ1) is 25.6. The van der Waals surface area contributed by atoms with Gasteiger partial charge in [0.25, 0.3) is 0 Å². The molecule has 2 aromatic carbocycles. The van der Waals surface area contributed by atoms with Crippen LogP contribution in [0.15, 0.2) is 60.4 Å². The van der Waals surface area contributed by atoms with Crippen molar-refractivity contribution in [2.24, 2.45) is 11.8 Å². The zero-order valence-electron chi connectivity index (χ0n) is 20.6. The Kier molecular flexibility index (Phi) is 8.84. The summed E-state index contributed by atoms with van der Waals surface area (Å²) in [5.74, 6) is 2.14. The molecular formula is C28H32O8. The number of carbonyl (C=O) groups excluding carboxylic acids is 2. The molecule has 1 fully saturated rings. The van der Waals surface area contributed by atoms with Crippen LogP contribution in [0.3, 0.4) is 0 Å². The van der Waals surface area contributed by atoms with E-state index in [9.17, 15) is 9.59 Å². The summed E-state index contributed by atoms with van der Waals surface area (Å²) in [6.45, 7) is 0. The maximum absolute atomic E-state index is 12.2. The number of allylic oxidation sites excluding steroid dienone is 2. The number of rotatable bonds is 9. The van der Waals surface area contributed by atoms with Crippen LogP contribution in [0.5, 0.6) is 11.5 Å². The molecule has 0 aliphatic heterocycles. The molecule has 0 heterocycles. The van der Waals surface area contributed by atoms with Crippen molar-refractivity contribution in [2.75, 3.05) is 14.2 Å². The molecule has 8 heteroatoms. The van der Waals surface area contributed by atoms with Gasteiger partial charge in [0.2, 0.25) is 0 Å². The van der Waals surface area contributed by atoms with Crippen LogP contribution in [0.1, 0.15) is 65.7 Å². The summed E-state index contributed by atoms with van der Waals surface area (Å²) in [6, 6.07) is 13.4. The molecule has 1 saturated carbocycles. The summed E-state index contributed by atoms with van der Waals surface area (Å²) < 4.78 is 10.2. The zero-order valence-corrected chi connectivity index (χ0v) is 20.6. The minimum absolute atomic E-state index is 0.0844. The Morgan fingerprint density at radius 3 is 1.75 bits per heavy atom. The van der Waals surface area contributed by atoms with Gasteiger partial charge in [-0.25, -0.2) is 14.5 Å². The van der Waals surface area contributed by atoms with Gasteiger partial charge >= 0.3 is 11.9 Å². The molecule has 0 saturated heterocycles. The van der Waals surface area contributed by atoms with Crippen LogP contribution < -0.4 is 9.47 Å². The van der Waals surface area contributed by atoms with E-state index in [4.69, 9.17) is 29.0 Å². The second-order valence-electron chi connectivity index (χ2n) is 9.12. The lowest BCUT2D eigenvalue weighted by molar-refractivity contribution is -0.281. The number of benzene rings is 2. The summed E-state index contributed by atoms with van der Waals surface area (Å²) >= 11 is 0. The first-order valence-electron chi connectivity index (χ1n) is 12.3. The van der Waals surface area contributed by atoms with Gasteiger partial charge in [-0.15, -0.1) is 0 Å². The van der Waals surface area contributed by atoms with E-state index in [-0.39, 0.29) is 6.10 Å². The van der Waals surface area contributed by atoms with Crippen LogP contribution in [0.25, 0.3) is 0 Å². The minimum atomic E-state index is -0.535. The monoisotopic (exact) mass is 496 g/mol. The van der Waals surface area contributed by atoms with E-state index in [1.54, 1.807) is 62.8 Å². The molecule has 0 spiro atoms. The smallest absolute Gasteiger partial charge is 0.386 e. The second-order valence-corrected chi connectivity index (χ2v) is 9.12. The highest BCUT2D eigenvalue weighted by Crippen LogP contribution is 2.38. The predicted molar refractivity (Wildman–Crippen MR) is 130 cm³/mol. The molecule has 4 rings (SSSR count). The molecule has 0 bridgehead atoms. The molecule has 2 aliphatic carbocycles. The molecule has 1 unspecified atom stereocenters. The van der Waals surface area contributed by atoms with Gasteiger partial charge in [-0.05, 0) is 105 Å². The lowest BCUT2D eigenvalue weighted by Crippen LogP contribution is -2.28. The van der Waals surface area contributed by atoms with Gasteiger partial charge in [-0.1, -0.05) is 0 Å². The molecule has 8 nitrogen and oxygen atoms in total. The van der Waals surface area contributed by atoms with E-state index in [1.807, 2.05) is 6.08 Å². The van der Waals surface area contributed by atoms with Gasteiger partial charge in [-0.2, -0.15) is 4.89 Å². The minimum Gasteiger partial charge on any atom is -0.497 e. The SMILES string of the molecule is COc1ccc(C(=O)OOC2=CCC(C3CCC(OOC(=O)c4ccc(OC)cc4)CC3)CC2)cc1. The van der Waals surface area contributed by atoms with Crippen LogP contribution >= 0.6 is 0 Å². The van der Waals surface area contributed by atoms with E-state index in [2.05, 4.69) is 0 Å². The first-order chi connectivity index (χ1) is 17.6. The second kappa shape index (κ2) is 12.4. The molecular weight excluding hydrogens is 464 g/mol. The maximum atomic E-state index is 12.2. The van der Waals surface area contributed by atoms with Crippen molar-refractivity contribution in [2.45, 2.75) is 51.0 Å². The molecule has 192 valence electrons. The fourth-order valence-corrected chi connectivity index (χ4v) is 4.74. The van der Waals surface area contributed by atoms with Crippen molar-refractivity contribution in [1.82, 2.24) is 0 Å². The van der Waals surface area contributed by atoms with Crippen LogP contribution in [0.2, 0.25) is 0 Å². The van der Waals surface area contributed by atoms with Crippen molar-refractivity contribution >= 4 is 11.9 Å². The number of ether oxygens (including phenoxy) is 2. The topological polar surface area (TPSA) is 89.5 Å². The summed E-state index contributed by atoms with van der Waals surface area (Å²) in [4.78, 5) is 45.2. The highest BCUT2D eigenvalue weighted by Gasteiger charge is 2.30. The Morgan fingerprint density at radius 1 is 0.694 bits per heavy atom. The lowest BCUT2D eigenvalue weighted by atomic mass is 9.74. The average Bonchev–Trinajstić information content (AvgIpc) is 2.95. The molecule has 2 aliphatic rings. The summed E-state index contributed by atoms with van der Waals surface area (Å²) in [5, 5.41) is 0. The van der Waals surface area contributed by atoms with Gasteiger partial charge in [0.15, 0.2) is 5.76 Å². The van der Waals surface area contributed by atoms with Crippen LogP contribution in [-0.2, 0) is 19.6 Å². The van der Waals surface area contributed by atoms with Crippen molar-refractivity contribution in [1.29, 1.82) is 0 Å². The highest BCUT2D eigenvalue weighted by molar-refractivity contribution is 5.89. The van der Waals surface area contributed by atoms with Gasteiger partial charge in [0.1, 0.15) is 17.6 Å². The molecule has 0 amide bonds. The highest BCUT2D eigenvalue weighted by atomic mass is 17.2. The lowest BCUT2D eigenvalue weighted by Gasteiger charge is -2.34. The molecule has 36 heavy (non-hydrogen) atoms. The normalized spacial score (nSPS) is 21.6. The van der Waals surface area contributed by atoms with Crippen LogP contribution in [-0.4, -0.2) is 32.3 Å². The fourth-order valence-electron chi connectivity index (χ4n) is 4.74. The number of hydrogen-bond acceptors (Lipinski definition) is 8. The van der Waals surface area contributed by atoms with E-state index in [0.717, 1.165) is 44.9 Å². The van der Waals surface area contributed by atoms with Gasteiger partial charge < -0.3 is 9.47 Å². The third-order valence-corrected chi connectivity index (χ3v) is 6.93. The van der Waals surface area contributed by atoms with Gasteiger partial charge in [0, 0.05) is 6.42 Å². The predicted octanol–water partition coefficient (Wildman–Crippen LogP) is 5.82. The van der Waals surface area contributed by atoms with Crippen molar-refractivity contribution < 1.29 is 38.6 Å². The standard InChI is InChI=1S/C28H32O8/c1-31-23-11-7-21(8-12-23)27(29)35-33-25-15-3-19(4-16-25)20-5-17-26(18-6-20)34-36-28(30)22-9-13-24(32-2)14-10-22/h7-15,19-20,26H,3-6,16-18H2,1-2H3. The molecule has 1 atom stereocenters. The van der Waals surface area contributed by atoms with Crippen LogP contribution in [0.4, 0.5) is 0 Å². The third-order valence-electron chi connectivity index (χ3n) is 6.93. The first-order valence-corrected chi connectivity index (χ1v) is 12.3. The van der Waals surface area contributed by atoms with E-state index >= 15 is 0 Å². The zero-order chi connectivity index (χ0) is 25.3.